The number of nitrogens with two attached hydrogens (primary N) is 1. The molecular weight excluding hydrogens is 244 g/mol. The monoisotopic (exact) mass is 266 g/mol. The van der Waals surface area contributed by atoms with Gasteiger partial charge in [-0.3, -0.25) is 0 Å². The molecule has 0 aromatic heterocycles. The topological polar surface area (TPSA) is 47.3 Å². The zero-order valence-corrected chi connectivity index (χ0v) is 11.8. The highest BCUT2D eigenvalue weighted by atomic mass is 32.2. The lowest BCUT2D eigenvalue weighted by molar-refractivity contribution is -0.104. The first-order valence-corrected chi connectivity index (χ1v) is 7.62. The van der Waals surface area contributed by atoms with E-state index in [-0.39, 0.29) is 5.41 Å². The Morgan fingerprint density at radius 2 is 2.06 bits per heavy atom. The summed E-state index contributed by atoms with van der Waals surface area (Å²) in [6, 6.07) is 8.78. The molecule has 0 spiro atoms. The first kappa shape index (κ1) is 13.9. The van der Waals surface area contributed by atoms with Crippen LogP contribution in [-0.2, 0) is 11.2 Å². The maximum atomic E-state index is 5.77. The first-order chi connectivity index (χ1) is 8.78. The molecule has 3 nitrogen and oxygen atoms in total. The third-order valence-corrected chi connectivity index (χ3v) is 4.24. The molecule has 1 aliphatic rings. The minimum absolute atomic E-state index is 0.197. The fourth-order valence-corrected chi connectivity index (χ4v) is 2.47. The van der Waals surface area contributed by atoms with E-state index in [0.29, 0.717) is 6.54 Å². The molecule has 4 heteroatoms. The van der Waals surface area contributed by atoms with Crippen molar-refractivity contribution in [3.63, 3.8) is 0 Å². The maximum Gasteiger partial charge on any atom is 0.0569 e. The van der Waals surface area contributed by atoms with Crippen LogP contribution in [0.2, 0.25) is 0 Å². The van der Waals surface area contributed by atoms with Gasteiger partial charge in [0, 0.05) is 23.4 Å². The third-order valence-electron chi connectivity index (χ3n) is 3.50. The number of rotatable bonds is 7. The van der Waals surface area contributed by atoms with Gasteiger partial charge in [-0.2, -0.15) is 0 Å². The molecule has 1 heterocycles. The Kier molecular flexibility index (Phi) is 5.06. The van der Waals surface area contributed by atoms with E-state index >= 15 is 0 Å². The first-order valence-electron chi connectivity index (χ1n) is 6.39. The van der Waals surface area contributed by atoms with Crippen molar-refractivity contribution < 1.29 is 4.74 Å². The molecule has 100 valence electrons. The molecular formula is C14H22N2OS. The van der Waals surface area contributed by atoms with Crippen molar-refractivity contribution in [2.45, 2.75) is 11.3 Å². The van der Waals surface area contributed by atoms with Crippen molar-refractivity contribution in [1.29, 1.82) is 0 Å². The number of hydrogen-bond donors (Lipinski definition) is 2. The second kappa shape index (κ2) is 6.57. The van der Waals surface area contributed by atoms with Crippen LogP contribution < -0.4 is 11.1 Å². The van der Waals surface area contributed by atoms with Crippen molar-refractivity contribution in [2.75, 3.05) is 39.1 Å². The zero-order valence-electron chi connectivity index (χ0n) is 10.9. The SMILES string of the molecule is CSc1ccc(CCNCC2(CN)COC2)cc1. The Balaban J connectivity index is 1.68. The Hall–Kier alpha value is -0.550. The van der Waals surface area contributed by atoms with Gasteiger partial charge in [-0.1, -0.05) is 12.1 Å². The van der Waals surface area contributed by atoms with E-state index in [0.717, 1.165) is 32.7 Å². The fourth-order valence-electron chi connectivity index (χ4n) is 2.06. The van der Waals surface area contributed by atoms with Crippen molar-refractivity contribution in [3.05, 3.63) is 29.8 Å². The predicted molar refractivity (Wildman–Crippen MR) is 77.1 cm³/mol. The van der Waals surface area contributed by atoms with Gasteiger partial charge in [-0.25, -0.2) is 0 Å². The highest BCUT2D eigenvalue weighted by Crippen LogP contribution is 2.24. The molecule has 0 amide bonds. The van der Waals surface area contributed by atoms with E-state index in [2.05, 4.69) is 35.8 Å². The van der Waals surface area contributed by atoms with E-state index in [1.165, 1.54) is 10.5 Å². The van der Waals surface area contributed by atoms with Crippen molar-refractivity contribution >= 4 is 11.8 Å². The van der Waals surface area contributed by atoms with Crippen LogP contribution in [0.3, 0.4) is 0 Å². The summed E-state index contributed by atoms with van der Waals surface area (Å²) in [7, 11) is 0. The van der Waals surface area contributed by atoms with Crippen molar-refractivity contribution in [1.82, 2.24) is 5.32 Å². The third kappa shape index (κ3) is 3.48. The molecule has 1 saturated heterocycles. The molecule has 0 radical (unpaired) electrons. The number of ether oxygens (including phenoxy) is 1. The quantitative estimate of drug-likeness (QED) is 0.580. The van der Waals surface area contributed by atoms with Gasteiger partial charge in [0.2, 0.25) is 0 Å². The van der Waals surface area contributed by atoms with Crippen LogP contribution in [0.15, 0.2) is 29.2 Å². The molecule has 0 bridgehead atoms. The molecule has 2 rings (SSSR count). The van der Waals surface area contributed by atoms with Crippen LogP contribution in [0.1, 0.15) is 5.56 Å². The van der Waals surface area contributed by atoms with Crippen molar-refractivity contribution in [3.8, 4) is 0 Å². The summed E-state index contributed by atoms with van der Waals surface area (Å²) in [6.07, 6.45) is 3.17. The second-order valence-corrected chi connectivity index (χ2v) is 5.85. The summed E-state index contributed by atoms with van der Waals surface area (Å²) < 4.78 is 5.25. The van der Waals surface area contributed by atoms with Gasteiger partial charge in [0.25, 0.3) is 0 Å². The van der Waals surface area contributed by atoms with Gasteiger partial charge in [-0.05, 0) is 36.9 Å². The van der Waals surface area contributed by atoms with Crippen LogP contribution in [0.5, 0.6) is 0 Å². The standard InChI is InChI=1S/C14H22N2OS/c1-18-13-4-2-12(3-5-13)6-7-16-9-14(8-15)10-17-11-14/h2-5,16H,6-11,15H2,1H3. The fraction of sp³-hybridized carbons (Fsp3) is 0.571. The highest BCUT2D eigenvalue weighted by Gasteiger charge is 2.36. The van der Waals surface area contributed by atoms with E-state index in [4.69, 9.17) is 10.5 Å². The largest absolute Gasteiger partial charge is 0.380 e. The maximum absolute atomic E-state index is 5.77. The van der Waals surface area contributed by atoms with Crippen LogP contribution in [0.25, 0.3) is 0 Å². The van der Waals surface area contributed by atoms with Crippen LogP contribution >= 0.6 is 11.8 Å². The van der Waals surface area contributed by atoms with E-state index in [1.807, 2.05) is 0 Å². The molecule has 0 saturated carbocycles. The van der Waals surface area contributed by atoms with E-state index < -0.39 is 0 Å². The van der Waals surface area contributed by atoms with Gasteiger partial charge in [0.05, 0.1) is 13.2 Å². The number of hydrogen-bond acceptors (Lipinski definition) is 4. The van der Waals surface area contributed by atoms with E-state index in [1.54, 1.807) is 11.8 Å². The minimum atomic E-state index is 0.197. The lowest BCUT2D eigenvalue weighted by Crippen LogP contribution is -2.54. The van der Waals surface area contributed by atoms with Gasteiger partial charge in [-0.15, -0.1) is 11.8 Å². The lowest BCUT2D eigenvalue weighted by Gasteiger charge is -2.40. The molecule has 1 aliphatic heterocycles. The Morgan fingerprint density at radius 3 is 2.56 bits per heavy atom. The highest BCUT2D eigenvalue weighted by molar-refractivity contribution is 7.98. The molecule has 0 aliphatic carbocycles. The number of thioether (sulfide) groups is 1. The predicted octanol–water partition coefficient (Wildman–Crippen LogP) is 1.52. The number of benzene rings is 1. The lowest BCUT2D eigenvalue weighted by atomic mass is 9.86. The summed E-state index contributed by atoms with van der Waals surface area (Å²) in [4.78, 5) is 1.32. The average molecular weight is 266 g/mol. The Morgan fingerprint density at radius 1 is 1.33 bits per heavy atom. The zero-order chi connectivity index (χ0) is 12.8. The van der Waals surface area contributed by atoms with Crippen molar-refractivity contribution in [2.24, 2.45) is 11.1 Å². The summed E-state index contributed by atoms with van der Waals surface area (Å²) in [6.45, 7) is 4.28. The molecule has 18 heavy (non-hydrogen) atoms. The Labute approximate surface area is 113 Å². The van der Waals surface area contributed by atoms with Gasteiger partial charge in [0.1, 0.15) is 0 Å². The van der Waals surface area contributed by atoms with Gasteiger partial charge < -0.3 is 15.8 Å². The molecule has 1 aromatic carbocycles. The smallest absolute Gasteiger partial charge is 0.0569 e. The van der Waals surface area contributed by atoms with Crippen LogP contribution in [-0.4, -0.2) is 39.1 Å². The summed E-state index contributed by atoms with van der Waals surface area (Å²) in [5, 5.41) is 3.49. The number of nitrogens with one attached hydrogen (secondary N) is 1. The normalized spacial score (nSPS) is 17.4. The summed E-state index contributed by atoms with van der Waals surface area (Å²) in [5.41, 5.74) is 7.35. The van der Waals surface area contributed by atoms with Gasteiger partial charge >= 0.3 is 0 Å². The molecule has 0 unspecified atom stereocenters. The molecule has 1 aromatic rings. The van der Waals surface area contributed by atoms with Crippen LogP contribution in [0.4, 0.5) is 0 Å². The van der Waals surface area contributed by atoms with Gasteiger partial charge in [0.15, 0.2) is 0 Å². The second-order valence-electron chi connectivity index (χ2n) is 4.97. The van der Waals surface area contributed by atoms with E-state index in [9.17, 15) is 0 Å². The molecule has 3 N–H and O–H groups in total. The molecule has 0 atom stereocenters. The Bertz CT molecular complexity index is 357. The summed E-state index contributed by atoms with van der Waals surface area (Å²) in [5.74, 6) is 0. The van der Waals surface area contributed by atoms with Crippen LogP contribution in [0, 0.1) is 5.41 Å². The average Bonchev–Trinajstić information content (AvgIpc) is 2.38. The molecule has 1 fully saturated rings. The summed E-state index contributed by atoms with van der Waals surface area (Å²) >= 11 is 1.78. The minimum Gasteiger partial charge on any atom is -0.380 e.